The summed E-state index contributed by atoms with van der Waals surface area (Å²) in [6.07, 6.45) is 1.43. The van der Waals surface area contributed by atoms with Crippen LogP contribution >= 0.6 is 0 Å². The van der Waals surface area contributed by atoms with Crippen molar-refractivity contribution in [2.24, 2.45) is 7.05 Å². The summed E-state index contributed by atoms with van der Waals surface area (Å²) in [5.74, 6) is 1.55. The summed E-state index contributed by atoms with van der Waals surface area (Å²) in [6.45, 7) is 5.79. The topological polar surface area (TPSA) is 104 Å². The number of hydrogen-bond acceptors (Lipinski definition) is 8. The molecule has 1 N–H and O–H groups in total. The van der Waals surface area contributed by atoms with Crippen LogP contribution in [0, 0.1) is 10.1 Å². The molecule has 1 aliphatic rings. The van der Waals surface area contributed by atoms with Gasteiger partial charge in [-0.15, -0.1) is 0 Å². The van der Waals surface area contributed by atoms with Gasteiger partial charge in [-0.25, -0.2) is 0 Å². The highest BCUT2D eigenvalue weighted by Gasteiger charge is 2.26. The van der Waals surface area contributed by atoms with Crippen molar-refractivity contribution in [2.75, 3.05) is 51.9 Å². The molecule has 158 valence electrons. The van der Waals surface area contributed by atoms with Crippen molar-refractivity contribution < 1.29 is 19.1 Å². The fourth-order valence-electron chi connectivity index (χ4n) is 3.46. The summed E-state index contributed by atoms with van der Waals surface area (Å²) in [5, 5.41) is 14.5. The Morgan fingerprint density at radius 1 is 1.34 bits per heavy atom. The van der Waals surface area contributed by atoms with Crippen LogP contribution in [0.5, 0.6) is 11.5 Å². The van der Waals surface area contributed by atoms with Gasteiger partial charge < -0.3 is 29.6 Å². The molecule has 1 aromatic heterocycles. The molecule has 0 amide bonds. The normalized spacial score (nSPS) is 15.7. The molecule has 1 aromatic carbocycles. The molecule has 1 unspecified atom stereocenters. The maximum absolute atomic E-state index is 11.3. The second-order valence-corrected chi connectivity index (χ2v) is 6.67. The molecule has 1 atom stereocenters. The first-order valence-electron chi connectivity index (χ1n) is 9.57. The van der Waals surface area contributed by atoms with E-state index in [0.29, 0.717) is 43.7 Å². The van der Waals surface area contributed by atoms with E-state index in [0.717, 1.165) is 18.7 Å². The first kappa shape index (κ1) is 20.9. The number of morpholine rings is 1. The van der Waals surface area contributed by atoms with E-state index in [1.54, 1.807) is 18.7 Å². The third-order valence-electron chi connectivity index (χ3n) is 4.91. The molecule has 0 spiro atoms. The first-order valence-corrected chi connectivity index (χ1v) is 9.57. The SMILES string of the molecule is CCOc1ccc(C(CNc2c([N+](=O)[O-])ncn2C)N2CCOCC2)cc1OC. The molecule has 1 saturated heterocycles. The average molecular weight is 405 g/mol. The second kappa shape index (κ2) is 9.57. The van der Waals surface area contributed by atoms with Crippen LogP contribution in [-0.2, 0) is 11.8 Å². The zero-order valence-electron chi connectivity index (χ0n) is 17.0. The van der Waals surface area contributed by atoms with Crippen molar-refractivity contribution in [3.8, 4) is 11.5 Å². The van der Waals surface area contributed by atoms with Crippen LogP contribution in [0.25, 0.3) is 0 Å². The molecule has 2 heterocycles. The van der Waals surface area contributed by atoms with Crippen molar-refractivity contribution in [3.63, 3.8) is 0 Å². The summed E-state index contributed by atoms with van der Waals surface area (Å²) >= 11 is 0. The number of nitrogens with one attached hydrogen (secondary N) is 1. The summed E-state index contributed by atoms with van der Waals surface area (Å²) < 4.78 is 18.2. The molecule has 0 aliphatic carbocycles. The molecule has 1 aliphatic heterocycles. The van der Waals surface area contributed by atoms with E-state index in [1.165, 1.54) is 6.33 Å². The molecule has 0 saturated carbocycles. The Morgan fingerprint density at radius 3 is 2.76 bits per heavy atom. The van der Waals surface area contributed by atoms with Crippen molar-refractivity contribution in [2.45, 2.75) is 13.0 Å². The van der Waals surface area contributed by atoms with E-state index in [1.807, 2.05) is 25.1 Å². The van der Waals surface area contributed by atoms with Crippen LogP contribution in [-0.4, -0.2) is 65.9 Å². The fraction of sp³-hybridized carbons (Fsp3) is 0.526. The van der Waals surface area contributed by atoms with E-state index >= 15 is 0 Å². The molecule has 3 rings (SSSR count). The maximum atomic E-state index is 11.3. The van der Waals surface area contributed by atoms with Gasteiger partial charge in [0, 0.05) is 26.7 Å². The van der Waals surface area contributed by atoms with Crippen LogP contribution < -0.4 is 14.8 Å². The Labute approximate surface area is 169 Å². The van der Waals surface area contributed by atoms with E-state index < -0.39 is 4.92 Å². The number of nitro groups is 1. The number of aryl methyl sites for hydroxylation is 1. The summed E-state index contributed by atoms with van der Waals surface area (Å²) in [4.78, 5) is 17.0. The highest BCUT2D eigenvalue weighted by Crippen LogP contribution is 2.33. The lowest BCUT2D eigenvalue weighted by molar-refractivity contribution is -0.388. The average Bonchev–Trinajstić information content (AvgIpc) is 3.11. The Kier molecular flexibility index (Phi) is 6.89. The molecule has 1 fully saturated rings. The van der Waals surface area contributed by atoms with Gasteiger partial charge in [-0.1, -0.05) is 6.07 Å². The minimum Gasteiger partial charge on any atom is -0.493 e. The van der Waals surface area contributed by atoms with Crippen molar-refractivity contribution in [1.29, 1.82) is 0 Å². The predicted octanol–water partition coefficient (Wildman–Crippen LogP) is 2.22. The van der Waals surface area contributed by atoms with Crippen molar-refractivity contribution in [1.82, 2.24) is 14.5 Å². The highest BCUT2D eigenvalue weighted by atomic mass is 16.6. The molecule has 2 aromatic rings. The van der Waals surface area contributed by atoms with Gasteiger partial charge in [0.1, 0.15) is 0 Å². The van der Waals surface area contributed by atoms with Crippen molar-refractivity contribution >= 4 is 11.6 Å². The van der Waals surface area contributed by atoms with Crippen LogP contribution in [0.15, 0.2) is 24.5 Å². The summed E-state index contributed by atoms with van der Waals surface area (Å²) in [6, 6.07) is 5.84. The molecule has 10 nitrogen and oxygen atoms in total. The molecule has 10 heteroatoms. The number of ether oxygens (including phenoxy) is 3. The van der Waals surface area contributed by atoms with E-state index in [9.17, 15) is 10.1 Å². The number of imidazole rings is 1. The summed E-state index contributed by atoms with van der Waals surface area (Å²) in [5.41, 5.74) is 1.03. The zero-order chi connectivity index (χ0) is 20.8. The van der Waals surface area contributed by atoms with Gasteiger partial charge in [0.05, 0.1) is 33.0 Å². The number of hydrogen-bond donors (Lipinski definition) is 1. The summed E-state index contributed by atoms with van der Waals surface area (Å²) in [7, 11) is 3.34. The number of anilines is 1. The largest absolute Gasteiger partial charge is 0.493 e. The Balaban J connectivity index is 1.87. The highest BCUT2D eigenvalue weighted by molar-refractivity contribution is 5.52. The maximum Gasteiger partial charge on any atom is 0.406 e. The second-order valence-electron chi connectivity index (χ2n) is 6.67. The Morgan fingerprint density at radius 2 is 2.10 bits per heavy atom. The van der Waals surface area contributed by atoms with E-state index in [2.05, 4.69) is 15.2 Å². The Bertz CT molecular complexity index is 834. The number of nitrogens with zero attached hydrogens (tertiary/aromatic N) is 4. The zero-order valence-corrected chi connectivity index (χ0v) is 17.0. The lowest BCUT2D eigenvalue weighted by atomic mass is 10.0. The van der Waals surface area contributed by atoms with Gasteiger partial charge >= 0.3 is 5.82 Å². The fourth-order valence-corrected chi connectivity index (χ4v) is 3.46. The third kappa shape index (κ3) is 4.77. The van der Waals surface area contributed by atoms with Crippen LogP contribution in [0.2, 0.25) is 0 Å². The minimum atomic E-state index is -0.480. The lowest BCUT2D eigenvalue weighted by Crippen LogP contribution is -2.41. The van der Waals surface area contributed by atoms with Gasteiger partial charge in [-0.2, -0.15) is 0 Å². The van der Waals surface area contributed by atoms with Crippen molar-refractivity contribution in [3.05, 3.63) is 40.2 Å². The minimum absolute atomic E-state index is 0.0296. The van der Waals surface area contributed by atoms with Gasteiger partial charge in [0.15, 0.2) is 11.5 Å². The van der Waals surface area contributed by atoms with Crippen LogP contribution in [0.1, 0.15) is 18.5 Å². The number of benzene rings is 1. The third-order valence-corrected chi connectivity index (χ3v) is 4.91. The Hall–Kier alpha value is -2.85. The van der Waals surface area contributed by atoms with Gasteiger partial charge in [0.2, 0.25) is 12.1 Å². The number of methoxy groups -OCH3 is 1. The van der Waals surface area contributed by atoms with E-state index in [-0.39, 0.29) is 11.9 Å². The van der Waals surface area contributed by atoms with Crippen LogP contribution in [0.3, 0.4) is 0 Å². The number of rotatable bonds is 9. The monoisotopic (exact) mass is 405 g/mol. The van der Waals surface area contributed by atoms with Gasteiger partial charge in [0.25, 0.3) is 0 Å². The van der Waals surface area contributed by atoms with Gasteiger partial charge in [-0.05, 0) is 34.5 Å². The quantitative estimate of drug-likeness (QED) is 0.500. The standard InChI is InChI=1S/C19H27N5O5/c1-4-29-16-6-5-14(11-17(16)27-3)15(23-7-9-28-10-8-23)12-20-18-19(24(25)26)21-13-22(18)2/h5-6,11,13,15,20H,4,7-10,12H2,1-3H3. The van der Waals surface area contributed by atoms with E-state index in [4.69, 9.17) is 14.2 Å². The first-order chi connectivity index (χ1) is 14.0. The van der Waals surface area contributed by atoms with Crippen LogP contribution in [0.4, 0.5) is 11.6 Å². The molecular weight excluding hydrogens is 378 g/mol. The molecule has 29 heavy (non-hydrogen) atoms. The van der Waals surface area contributed by atoms with Gasteiger partial charge in [-0.3, -0.25) is 9.47 Å². The smallest absolute Gasteiger partial charge is 0.406 e. The molecular formula is C19H27N5O5. The molecule has 0 bridgehead atoms. The predicted molar refractivity (Wildman–Crippen MR) is 108 cm³/mol. The molecule has 0 radical (unpaired) electrons. The lowest BCUT2D eigenvalue weighted by Gasteiger charge is -2.35. The number of aromatic nitrogens is 2.